The molecular weight excluding hydrogens is 382 g/mol. The zero-order valence-electron chi connectivity index (χ0n) is 16.3. The van der Waals surface area contributed by atoms with Gasteiger partial charge in [0.2, 0.25) is 5.91 Å². The van der Waals surface area contributed by atoms with Gasteiger partial charge in [-0.05, 0) is 19.1 Å². The molecule has 4 aromatic rings. The zero-order chi connectivity index (χ0) is 20.2. The molecule has 0 saturated carbocycles. The highest BCUT2D eigenvalue weighted by molar-refractivity contribution is 7.99. The second kappa shape index (κ2) is 8.45. The molecule has 0 radical (unpaired) electrons. The van der Waals surface area contributed by atoms with Crippen molar-refractivity contribution in [1.82, 2.24) is 25.1 Å². The summed E-state index contributed by atoms with van der Waals surface area (Å²) in [4.78, 5) is 16.5. The molecule has 1 N–H and O–H groups in total. The fourth-order valence-corrected chi connectivity index (χ4v) is 4.07. The van der Waals surface area contributed by atoms with Gasteiger partial charge in [0.25, 0.3) is 0 Å². The van der Waals surface area contributed by atoms with Gasteiger partial charge in [-0.25, -0.2) is 4.98 Å². The SMILES string of the molecule is CCn1c(SCC(=O)NC)nnc1-c1cc(-c2ccccc2)nc2ccccc12. The number of thioether (sulfide) groups is 1. The van der Waals surface area contributed by atoms with Gasteiger partial charge in [0.1, 0.15) is 0 Å². The Morgan fingerprint density at radius 2 is 1.83 bits per heavy atom. The van der Waals surface area contributed by atoms with E-state index in [0.717, 1.165) is 38.7 Å². The van der Waals surface area contributed by atoms with E-state index in [1.807, 2.05) is 41.0 Å². The van der Waals surface area contributed by atoms with E-state index in [1.54, 1.807) is 7.05 Å². The number of hydrogen-bond donors (Lipinski definition) is 1. The molecule has 1 amide bonds. The number of nitrogens with one attached hydrogen (secondary N) is 1. The maximum absolute atomic E-state index is 11.6. The van der Waals surface area contributed by atoms with Crippen LogP contribution in [0, 0.1) is 0 Å². The first-order chi connectivity index (χ1) is 14.2. The Morgan fingerprint density at radius 1 is 1.07 bits per heavy atom. The number of nitrogens with zero attached hydrogens (tertiary/aromatic N) is 4. The highest BCUT2D eigenvalue weighted by atomic mass is 32.2. The topological polar surface area (TPSA) is 72.7 Å². The van der Waals surface area contributed by atoms with Gasteiger partial charge >= 0.3 is 0 Å². The molecule has 0 bridgehead atoms. The van der Waals surface area contributed by atoms with Gasteiger partial charge in [-0.3, -0.25) is 4.79 Å². The van der Waals surface area contributed by atoms with Crippen molar-refractivity contribution < 1.29 is 4.79 Å². The molecule has 2 aromatic carbocycles. The molecule has 0 aliphatic carbocycles. The minimum atomic E-state index is -0.0390. The van der Waals surface area contributed by atoms with Crippen molar-refractivity contribution in [1.29, 1.82) is 0 Å². The Morgan fingerprint density at radius 3 is 2.59 bits per heavy atom. The van der Waals surface area contributed by atoms with Gasteiger partial charge in [0, 0.05) is 30.1 Å². The number of fused-ring (bicyclic) bond motifs is 1. The molecule has 0 fully saturated rings. The summed E-state index contributed by atoms with van der Waals surface area (Å²) >= 11 is 1.39. The van der Waals surface area contributed by atoms with Crippen LogP contribution in [0.4, 0.5) is 0 Å². The Kier molecular flexibility index (Phi) is 5.57. The third-order valence-corrected chi connectivity index (χ3v) is 5.64. The summed E-state index contributed by atoms with van der Waals surface area (Å²) in [5.74, 6) is 1.05. The fourth-order valence-electron chi connectivity index (χ4n) is 3.20. The molecule has 4 rings (SSSR count). The van der Waals surface area contributed by atoms with Crippen LogP contribution in [0.25, 0.3) is 33.5 Å². The van der Waals surface area contributed by atoms with Crippen LogP contribution in [0.1, 0.15) is 6.92 Å². The van der Waals surface area contributed by atoms with Gasteiger partial charge < -0.3 is 9.88 Å². The van der Waals surface area contributed by atoms with Crippen LogP contribution in [-0.4, -0.2) is 38.5 Å². The van der Waals surface area contributed by atoms with Crippen molar-refractivity contribution in [3.63, 3.8) is 0 Å². The Bertz CT molecular complexity index is 1160. The van der Waals surface area contributed by atoms with Crippen LogP contribution in [0.15, 0.2) is 65.8 Å². The normalized spacial score (nSPS) is 11.0. The van der Waals surface area contributed by atoms with E-state index in [2.05, 4.69) is 46.7 Å². The predicted molar refractivity (Wildman–Crippen MR) is 117 cm³/mol. The van der Waals surface area contributed by atoms with Crippen molar-refractivity contribution in [2.45, 2.75) is 18.6 Å². The standard InChI is InChI=1S/C22H21N5OS/c1-3-27-21(25-26-22(27)29-14-20(28)23-2)17-13-19(15-9-5-4-6-10-15)24-18-12-8-7-11-16(17)18/h4-13H,3,14H2,1-2H3,(H,23,28). The summed E-state index contributed by atoms with van der Waals surface area (Å²) in [6.07, 6.45) is 0. The Hall–Kier alpha value is -3.19. The fraction of sp³-hybridized carbons (Fsp3) is 0.182. The van der Waals surface area contributed by atoms with E-state index >= 15 is 0 Å². The number of hydrogen-bond acceptors (Lipinski definition) is 5. The lowest BCUT2D eigenvalue weighted by Crippen LogP contribution is -2.20. The van der Waals surface area contributed by atoms with Crippen LogP contribution in [0.5, 0.6) is 0 Å². The van der Waals surface area contributed by atoms with Crippen LogP contribution in [0.3, 0.4) is 0 Å². The molecule has 0 aliphatic rings. The Labute approximate surface area is 173 Å². The maximum atomic E-state index is 11.6. The van der Waals surface area contributed by atoms with E-state index in [1.165, 1.54) is 11.8 Å². The molecule has 29 heavy (non-hydrogen) atoms. The second-order valence-electron chi connectivity index (χ2n) is 6.45. The Balaban J connectivity index is 1.85. The van der Waals surface area contributed by atoms with Gasteiger partial charge in [0.05, 0.1) is 17.0 Å². The summed E-state index contributed by atoms with van der Waals surface area (Å²) in [7, 11) is 1.63. The highest BCUT2D eigenvalue weighted by Crippen LogP contribution is 2.32. The number of pyridine rings is 1. The average Bonchev–Trinajstić information content (AvgIpc) is 3.20. The first-order valence-electron chi connectivity index (χ1n) is 9.43. The molecule has 6 nitrogen and oxygen atoms in total. The summed E-state index contributed by atoms with van der Waals surface area (Å²) < 4.78 is 2.05. The first kappa shape index (κ1) is 19.1. The van der Waals surface area contributed by atoms with E-state index < -0.39 is 0 Å². The van der Waals surface area contributed by atoms with Crippen LogP contribution in [0.2, 0.25) is 0 Å². The van der Waals surface area contributed by atoms with E-state index in [-0.39, 0.29) is 5.91 Å². The van der Waals surface area contributed by atoms with Gasteiger partial charge in [-0.2, -0.15) is 0 Å². The number of para-hydroxylation sites is 1. The van der Waals surface area contributed by atoms with Crippen LogP contribution >= 0.6 is 11.8 Å². The highest BCUT2D eigenvalue weighted by Gasteiger charge is 2.18. The number of rotatable bonds is 6. The molecule has 2 heterocycles. The molecule has 0 spiro atoms. The molecular formula is C22H21N5OS. The largest absolute Gasteiger partial charge is 0.358 e. The quantitative estimate of drug-likeness (QED) is 0.492. The molecule has 2 aromatic heterocycles. The average molecular weight is 404 g/mol. The predicted octanol–water partition coefficient (Wildman–Crippen LogP) is 4.02. The number of aromatic nitrogens is 4. The van der Waals surface area contributed by atoms with Gasteiger partial charge in [0.15, 0.2) is 11.0 Å². The van der Waals surface area contributed by atoms with Crippen molar-refractivity contribution in [3.8, 4) is 22.6 Å². The molecule has 0 saturated heterocycles. The van der Waals surface area contributed by atoms with E-state index in [9.17, 15) is 4.79 Å². The number of amides is 1. The van der Waals surface area contributed by atoms with Crippen molar-refractivity contribution in [2.75, 3.05) is 12.8 Å². The van der Waals surface area contributed by atoms with Gasteiger partial charge in [-0.15, -0.1) is 10.2 Å². The third-order valence-electron chi connectivity index (χ3n) is 4.67. The zero-order valence-corrected chi connectivity index (χ0v) is 17.1. The minimum absolute atomic E-state index is 0.0390. The van der Waals surface area contributed by atoms with Gasteiger partial charge in [-0.1, -0.05) is 60.3 Å². The van der Waals surface area contributed by atoms with Crippen molar-refractivity contribution >= 4 is 28.6 Å². The lowest BCUT2D eigenvalue weighted by molar-refractivity contribution is -0.118. The molecule has 0 unspecified atom stereocenters. The molecule has 146 valence electrons. The second-order valence-corrected chi connectivity index (χ2v) is 7.39. The van der Waals surface area contributed by atoms with Crippen molar-refractivity contribution in [2.24, 2.45) is 0 Å². The summed E-state index contributed by atoms with van der Waals surface area (Å²) in [5, 5.41) is 13.2. The van der Waals surface area contributed by atoms with Crippen LogP contribution in [-0.2, 0) is 11.3 Å². The molecule has 0 aliphatic heterocycles. The first-order valence-corrected chi connectivity index (χ1v) is 10.4. The van der Waals surface area contributed by atoms with E-state index in [0.29, 0.717) is 12.3 Å². The monoisotopic (exact) mass is 403 g/mol. The van der Waals surface area contributed by atoms with Crippen molar-refractivity contribution in [3.05, 3.63) is 60.7 Å². The summed E-state index contributed by atoms with van der Waals surface area (Å²) in [6.45, 7) is 2.76. The maximum Gasteiger partial charge on any atom is 0.230 e. The number of benzene rings is 2. The van der Waals surface area contributed by atoms with E-state index in [4.69, 9.17) is 4.98 Å². The smallest absolute Gasteiger partial charge is 0.230 e. The number of carbonyl (C=O) groups is 1. The lowest BCUT2D eigenvalue weighted by atomic mass is 10.0. The summed E-state index contributed by atoms with van der Waals surface area (Å²) in [6, 6.07) is 20.2. The lowest BCUT2D eigenvalue weighted by Gasteiger charge is -2.11. The van der Waals surface area contributed by atoms with Crippen LogP contribution < -0.4 is 5.32 Å². The molecule has 7 heteroatoms. The minimum Gasteiger partial charge on any atom is -0.358 e. The summed E-state index contributed by atoms with van der Waals surface area (Å²) in [5.41, 5.74) is 3.84. The third kappa shape index (κ3) is 3.86. The number of carbonyl (C=O) groups excluding carboxylic acids is 1. The molecule has 0 atom stereocenters.